The fourth-order valence-electron chi connectivity index (χ4n) is 1.43. The fourth-order valence-corrected chi connectivity index (χ4v) is 1.43. The van der Waals surface area contributed by atoms with E-state index in [1.54, 1.807) is 11.6 Å². The number of nitrogens with two attached hydrogens (primary N) is 1. The molecular weight excluding hydrogens is 236 g/mol. The molecule has 1 heterocycles. The number of rotatable bonds is 8. The second kappa shape index (κ2) is 7.36. The quantitative estimate of drug-likeness (QED) is 0.570. The minimum atomic E-state index is -0.412. The minimum Gasteiger partial charge on any atom is -0.370 e. The molecular formula is C10H17N6O2. The van der Waals surface area contributed by atoms with Gasteiger partial charge in [0.2, 0.25) is 11.8 Å². The van der Waals surface area contributed by atoms with Gasteiger partial charge in [0.25, 0.3) is 0 Å². The summed E-state index contributed by atoms with van der Waals surface area (Å²) in [6.07, 6.45) is 3.89. The van der Waals surface area contributed by atoms with Gasteiger partial charge >= 0.3 is 0 Å². The molecule has 0 aliphatic carbocycles. The molecule has 0 unspecified atom stereocenters. The van der Waals surface area contributed by atoms with Crippen LogP contribution in [-0.4, -0.2) is 38.6 Å². The van der Waals surface area contributed by atoms with Crippen LogP contribution in [0.1, 0.15) is 19.8 Å². The summed E-state index contributed by atoms with van der Waals surface area (Å²) in [6, 6.07) is 0. The molecule has 0 aromatic carbocycles. The second-order valence-electron chi connectivity index (χ2n) is 4.03. The van der Waals surface area contributed by atoms with Crippen LogP contribution in [-0.2, 0) is 16.1 Å². The molecule has 0 saturated carbocycles. The molecule has 2 amide bonds. The van der Waals surface area contributed by atoms with Crippen molar-refractivity contribution < 1.29 is 9.59 Å². The number of aryl methyl sites for hydroxylation is 1. The normalized spacial score (nSPS) is 12.1. The highest BCUT2D eigenvalue weighted by molar-refractivity contribution is 5.86. The summed E-state index contributed by atoms with van der Waals surface area (Å²) < 4.78 is 1.59. The first-order chi connectivity index (χ1) is 8.58. The maximum Gasteiger partial charge on any atom is 0.224 e. The minimum absolute atomic E-state index is 0.151. The van der Waals surface area contributed by atoms with Crippen molar-refractivity contribution in [1.29, 1.82) is 0 Å². The zero-order valence-corrected chi connectivity index (χ0v) is 10.2. The summed E-state index contributed by atoms with van der Waals surface area (Å²) in [5.41, 5.74) is 5.03. The summed E-state index contributed by atoms with van der Waals surface area (Å²) in [4.78, 5) is 22.1. The highest BCUT2D eigenvalue weighted by Gasteiger charge is 2.11. The van der Waals surface area contributed by atoms with Crippen LogP contribution in [0, 0.1) is 12.3 Å². The van der Waals surface area contributed by atoms with Gasteiger partial charge in [-0.3, -0.25) is 9.59 Å². The van der Waals surface area contributed by atoms with Crippen molar-refractivity contribution in [2.75, 3.05) is 6.54 Å². The van der Waals surface area contributed by atoms with Crippen LogP contribution in [0.4, 0.5) is 0 Å². The van der Waals surface area contributed by atoms with Gasteiger partial charge in [-0.05, 0) is 22.8 Å². The summed E-state index contributed by atoms with van der Waals surface area (Å²) >= 11 is 0. The molecule has 0 saturated heterocycles. The number of nitrogens with zero attached hydrogens (tertiary/aromatic N) is 4. The Morgan fingerprint density at radius 2 is 2.33 bits per heavy atom. The van der Waals surface area contributed by atoms with Gasteiger partial charge < -0.3 is 11.1 Å². The number of aromatic nitrogens is 4. The Morgan fingerprint density at radius 1 is 1.56 bits per heavy atom. The molecule has 1 atom stereocenters. The molecule has 8 heteroatoms. The first-order valence-corrected chi connectivity index (χ1v) is 5.69. The summed E-state index contributed by atoms with van der Waals surface area (Å²) in [6.45, 7) is 2.94. The average molecular weight is 253 g/mol. The van der Waals surface area contributed by atoms with Gasteiger partial charge in [-0.1, -0.05) is 6.92 Å². The van der Waals surface area contributed by atoms with Gasteiger partial charge in [-0.25, -0.2) is 4.68 Å². The van der Waals surface area contributed by atoms with Crippen molar-refractivity contribution in [3.05, 3.63) is 12.7 Å². The topological polar surface area (TPSA) is 116 Å². The molecule has 1 rings (SSSR count). The lowest BCUT2D eigenvalue weighted by molar-refractivity contribution is -0.119. The Balaban J connectivity index is 2.08. The maximum absolute atomic E-state index is 11.4. The van der Waals surface area contributed by atoms with Crippen LogP contribution in [0.25, 0.3) is 0 Å². The van der Waals surface area contributed by atoms with E-state index in [1.807, 2.05) is 0 Å². The van der Waals surface area contributed by atoms with Crippen molar-refractivity contribution in [2.24, 2.45) is 11.7 Å². The summed E-state index contributed by atoms with van der Waals surface area (Å²) in [7, 11) is 0. The van der Waals surface area contributed by atoms with Gasteiger partial charge in [0, 0.05) is 19.5 Å². The van der Waals surface area contributed by atoms with Crippen LogP contribution in [0.2, 0.25) is 0 Å². The van der Waals surface area contributed by atoms with Crippen LogP contribution in [0.3, 0.4) is 0 Å². The zero-order valence-electron chi connectivity index (χ0n) is 10.2. The number of amides is 2. The van der Waals surface area contributed by atoms with E-state index in [1.165, 1.54) is 12.7 Å². The fraction of sp³-hybridized carbons (Fsp3) is 0.600. The molecule has 8 nitrogen and oxygen atoms in total. The van der Waals surface area contributed by atoms with E-state index in [9.17, 15) is 9.59 Å². The van der Waals surface area contributed by atoms with E-state index in [-0.39, 0.29) is 18.2 Å². The van der Waals surface area contributed by atoms with Gasteiger partial charge in [0.1, 0.15) is 6.33 Å². The highest BCUT2D eigenvalue weighted by Crippen LogP contribution is 2.04. The molecule has 3 N–H and O–H groups in total. The molecule has 1 aromatic rings. The molecule has 0 spiro atoms. The van der Waals surface area contributed by atoms with Crippen LogP contribution >= 0.6 is 0 Å². The predicted octanol–water partition coefficient (Wildman–Crippen LogP) is -1.10. The Kier molecular flexibility index (Phi) is 5.75. The van der Waals surface area contributed by atoms with Gasteiger partial charge in [-0.15, -0.1) is 5.10 Å². The van der Waals surface area contributed by atoms with Crippen molar-refractivity contribution >= 4 is 11.8 Å². The van der Waals surface area contributed by atoms with Crippen molar-refractivity contribution in [1.82, 2.24) is 25.5 Å². The highest BCUT2D eigenvalue weighted by atomic mass is 16.2. The summed E-state index contributed by atoms with van der Waals surface area (Å²) in [5, 5.41) is 13.4. The van der Waals surface area contributed by atoms with E-state index >= 15 is 0 Å². The van der Waals surface area contributed by atoms with E-state index in [0.29, 0.717) is 13.1 Å². The molecule has 99 valence electrons. The number of hydrogen-bond acceptors (Lipinski definition) is 5. The molecule has 0 aliphatic rings. The first-order valence-electron chi connectivity index (χ1n) is 5.69. The van der Waals surface area contributed by atoms with Crippen LogP contribution < -0.4 is 11.1 Å². The molecule has 18 heavy (non-hydrogen) atoms. The third kappa shape index (κ3) is 5.92. The van der Waals surface area contributed by atoms with Gasteiger partial charge in [0.15, 0.2) is 0 Å². The molecule has 0 fully saturated rings. The maximum atomic E-state index is 11.4. The number of carbonyl (C=O) groups is 2. The average Bonchev–Trinajstić information content (AvgIpc) is 2.75. The van der Waals surface area contributed by atoms with Crippen molar-refractivity contribution in [3.63, 3.8) is 0 Å². The molecule has 1 aromatic heterocycles. The number of tetrazole rings is 1. The lowest BCUT2D eigenvalue weighted by Gasteiger charge is -2.09. The Morgan fingerprint density at radius 3 is 2.94 bits per heavy atom. The van der Waals surface area contributed by atoms with E-state index < -0.39 is 5.91 Å². The van der Waals surface area contributed by atoms with Gasteiger partial charge in [-0.2, -0.15) is 0 Å². The Labute approximate surface area is 105 Å². The largest absolute Gasteiger partial charge is 0.370 e. The van der Waals surface area contributed by atoms with E-state index in [4.69, 9.17) is 5.73 Å². The first kappa shape index (κ1) is 14.1. The number of nitrogens with one attached hydrogen (secondary N) is 1. The van der Waals surface area contributed by atoms with E-state index in [0.717, 1.165) is 6.42 Å². The molecule has 0 aliphatic heterocycles. The number of carbonyl (C=O) groups excluding carboxylic acids is 2. The SMILES string of the molecule is C[C@@H]([CH]C(=O)NCCCn1cnnn1)CC(N)=O. The lowest BCUT2D eigenvalue weighted by Crippen LogP contribution is -2.28. The van der Waals surface area contributed by atoms with Crippen molar-refractivity contribution in [3.8, 4) is 0 Å². The molecule has 1 radical (unpaired) electrons. The second-order valence-corrected chi connectivity index (χ2v) is 4.03. The van der Waals surface area contributed by atoms with Crippen LogP contribution in [0.5, 0.6) is 0 Å². The lowest BCUT2D eigenvalue weighted by atomic mass is 10.0. The van der Waals surface area contributed by atoms with Gasteiger partial charge in [0.05, 0.1) is 6.42 Å². The Hall–Kier alpha value is -1.99. The van der Waals surface area contributed by atoms with Crippen molar-refractivity contribution in [2.45, 2.75) is 26.3 Å². The van der Waals surface area contributed by atoms with Crippen LogP contribution in [0.15, 0.2) is 6.33 Å². The zero-order chi connectivity index (χ0) is 13.4. The third-order valence-corrected chi connectivity index (χ3v) is 2.21. The van der Waals surface area contributed by atoms with E-state index in [2.05, 4.69) is 20.8 Å². The molecule has 0 bridgehead atoms. The predicted molar refractivity (Wildman–Crippen MR) is 62.7 cm³/mol. The third-order valence-electron chi connectivity index (χ3n) is 2.21. The monoisotopic (exact) mass is 253 g/mol. The smallest absolute Gasteiger partial charge is 0.224 e. The number of hydrogen-bond donors (Lipinski definition) is 2. The Bertz CT molecular complexity index is 378. The number of primary amides is 1. The standard InChI is InChI=1S/C10H17N6O2/c1-8(5-9(11)17)6-10(18)12-3-2-4-16-7-13-14-15-16/h6-8H,2-5H2,1H3,(H2,11,17)(H,12,18)/t8-/m1/s1. The summed E-state index contributed by atoms with van der Waals surface area (Å²) in [5.74, 6) is -0.757.